The van der Waals surface area contributed by atoms with E-state index in [1.807, 2.05) is 21.7 Å². The average molecular weight is 328 g/mol. The lowest BCUT2D eigenvalue weighted by atomic mass is 9.86. The first-order valence-electron chi connectivity index (χ1n) is 7.55. The molecule has 4 rings (SSSR count). The Balaban J connectivity index is 1.50. The van der Waals surface area contributed by atoms with Crippen molar-refractivity contribution >= 4 is 28.8 Å². The molecule has 6 nitrogen and oxygen atoms in total. The number of likely N-dealkylation sites (tertiary alicyclic amines) is 1. The number of rotatable bonds is 2. The summed E-state index contributed by atoms with van der Waals surface area (Å²) in [5.41, 5.74) is 1.20. The van der Waals surface area contributed by atoms with Crippen LogP contribution in [0.3, 0.4) is 0 Å². The second-order valence-corrected chi connectivity index (χ2v) is 6.99. The summed E-state index contributed by atoms with van der Waals surface area (Å²) in [5.74, 6) is 0.0496. The molecule has 2 amide bonds. The predicted octanol–water partition coefficient (Wildman–Crippen LogP) is 1.81. The summed E-state index contributed by atoms with van der Waals surface area (Å²) < 4.78 is 0. The fourth-order valence-corrected chi connectivity index (χ4v) is 4.14. The molecular formula is C16H16N4O2S. The Morgan fingerprint density at radius 2 is 2.22 bits per heavy atom. The van der Waals surface area contributed by atoms with Gasteiger partial charge >= 0.3 is 0 Å². The standard InChI is InChI=1S/C16H16N4O2S/c21-14-7-16(11-20(14)12-1-6-23-9-12)2-5-19(10-16)15(22)13-8-17-3-4-18-13/h1,3-4,6,8-9H,2,5,7,10-11H2. The van der Waals surface area contributed by atoms with Crippen molar-refractivity contribution in [3.8, 4) is 0 Å². The van der Waals surface area contributed by atoms with Crippen LogP contribution >= 0.6 is 11.3 Å². The maximum atomic E-state index is 12.5. The highest BCUT2D eigenvalue weighted by Crippen LogP contribution is 2.42. The molecule has 0 aromatic carbocycles. The van der Waals surface area contributed by atoms with Crippen molar-refractivity contribution in [2.45, 2.75) is 12.8 Å². The second-order valence-electron chi connectivity index (χ2n) is 6.21. The minimum atomic E-state index is -0.128. The number of anilines is 1. The van der Waals surface area contributed by atoms with Gasteiger partial charge in [-0.2, -0.15) is 11.3 Å². The molecule has 2 aliphatic heterocycles. The van der Waals surface area contributed by atoms with Crippen molar-refractivity contribution in [2.75, 3.05) is 24.5 Å². The van der Waals surface area contributed by atoms with E-state index < -0.39 is 0 Å². The summed E-state index contributed by atoms with van der Waals surface area (Å²) in [6.07, 6.45) is 5.93. The van der Waals surface area contributed by atoms with Crippen LogP contribution in [0.25, 0.3) is 0 Å². The van der Waals surface area contributed by atoms with Gasteiger partial charge in [-0.05, 0) is 17.9 Å². The molecule has 2 aliphatic rings. The molecule has 0 radical (unpaired) electrons. The lowest BCUT2D eigenvalue weighted by Crippen LogP contribution is -2.34. The Morgan fingerprint density at radius 1 is 1.30 bits per heavy atom. The van der Waals surface area contributed by atoms with Crippen LogP contribution in [0.1, 0.15) is 23.3 Å². The molecule has 1 unspecified atom stereocenters. The molecule has 2 aromatic heterocycles. The summed E-state index contributed by atoms with van der Waals surface area (Å²) in [6.45, 7) is 1.96. The number of hydrogen-bond donors (Lipinski definition) is 0. The van der Waals surface area contributed by atoms with Crippen LogP contribution in [0.15, 0.2) is 35.4 Å². The van der Waals surface area contributed by atoms with Gasteiger partial charge in [0, 0.05) is 49.2 Å². The number of nitrogens with zero attached hydrogens (tertiary/aromatic N) is 4. The fourth-order valence-electron chi connectivity index (χ4n) is 3.50. The first-order valence-corrected chi connectivity index (χ1v) is 8.49. The molecule has 0 N–H and O–H groups in total. The molecule has 0 saturated carbocycles. The van der Waals surface area contributed by atoms with Gasteiger partial charge in [0.1, 0.15) is 5.69 Å². The van der Waals surface area contributed by atoms with Gasteiger partial charge in [0.25, 0.3) is 5.91 Å². The molecule has 0 bridgehead atoms. The largest absolute Gasteiger partial charge is 0.337 e. The number of aromatic nitrogens is 2. The van der Waals surface area contributed by atoms with Crippen LogP contribution in [0.4, 0.5) is 5.69 Å². The minimum Gasteiger partial charge on any atom is -0.337 e. The highest BCUT2D eigenvalue weighted by atomic mass is 32.1. The third kappa shape index (κ3) is 2.50. The zero-order chi connectivity index (χ0) is 15.9. The monoisotopic (exact) mass is 328 g/mol. The van der Waals surface area contributed by atoms with Gasteiger partial charge in [-0.1, -0.05) is 0 Å². The number of carbonyl (C=O) groups is 2. The van der Waals surface area contributed by atoms with Crippen molar-refractivity contribution in [1.82, 2.24) is 14.9 Å². The normalized spacial score (nSPS) is 23.9. The van der Waals surface area contributed by atoms with Gasteiger partial charge in [-0.25, -0.2) is 4.98 Å². The van der Waals surface area contributed by atoms with Gasteiger partial charge in [0.2, 0.25) is 5.91 Å². The fraction of sp³-hybridized carbons (Fsp3) is 0.375. The summed E-state index contributed by atoms with van der Waals surface area (Å²) in [4.78, 5) is 36.6. The molecule has 0 aliphatic carbocycles. The average Bonchev–Trinajstić information content (AvgIpc) is 3.29. The van der Waals surface area contributed by atoms with E-state index >= 15 is 0 Å². The Kier molecular flexibility index (Phi) is 3.37. The Bertz CT molecular complexity index is 734. The van der Waals surface area contributed by atoms with Crippen molar-refractivity contribution < 1.29 is 9.59 Å². The molecule has 118 valence electrons. The van der Waals surface area contributed by atoms with Crippen LogP contribution in [-0.2, 0) is 4.79 Å². The van der Waals surface area contributed by atoms with Crippen LogP contribution in [0.2, 0.25) is 0 Å². The van der Waals surface area contributed by atoms with Crippen molar-refractivity contribution in [3.63, 3.8) is 0 Å². The van der Waals surface area contributed by atoms with Gasteiger partial charge in [0.05, 0.1) is 11.9 Å². The van der Waals surface area contributed by atoms with Crippen LogP contribution < -0.4 is 4.90 Å². The number of thiophene rings is 1. The highest BCUT2D eigenvalue weighted by molar-refractivity contribution is 7.08. The van der Waals surface area contributed by atoms with Gasteiger partial charge in [0.15, 0.2) is 0 Å². The predicted molar refractivity (Wildman–Crippen MR) is 86.3 cm³/mol. The summed E-state index contributed by atoms with van der Waals surface area (Å²) >= 11 is 1.59. The van der Waals surface area contributed by atoms with E-state index in [9.17, 15) is 9.59 Å². The first kappa shape index (κ1) is 14.3. The number of hydrogen-bond acceptors (Lipinski definition) is 5. The summed E-state index contributed by atoms with van der Waals surface area (Å²) in [7, 11) is 0. The van der Waals surface area contributed by atoms with E-state index in [2.05, 4.69) is 9.97 Å². The third-order valence-corrected chi connectivity index (χ3v) is 5.32. The lowest BCUT2D eigenvalue weighted by Gasteiger charge is -2.23. The lowest BCUT2D eigenvalue weighted by molar-refractivity contribution is -0.117. The Labute approximate surface area is 137 Å². The van der Waals surface area contributed by atoms with Gasteiger partial charge in [-0.3, -0.25) is 14.6 Å². The van der Waals surface area contributed by atoms with E-state index in [4.69, 9.17) is 0 Å². The Morgan fingerprint density at radius 3 is 2.96 bits per heavy atom. The quantitative estimate of drug-likeness (QED) is 0.843. The third-order valence-electron chi connectivity index (χ3n) is 4.65. The highest BCUT2D eigenvalue weighted by Gasteiger charge is 2.49. The van der Waals surface area contributed by atoms with E-state index in [1.54, 1.807) is 22.4 Å². The summed E-state index contributed by atoms with van der Waals surface area (Å²) in [5, 5.41) is 3.97. The molecule has 2 aromatic rings. The zero-order valence-corrected chi connectivity index (χ0v) is 13.3. The SMILES string of the molecule is O=C(c1cnccn1)N1CCC2(CC(=O)N(c3ccsc3)C2)C1. The Hall–Kier alpha value is -2.28. The molecule has 1 spiro atoms. The second kappa shape index (κ2) is 5.42. The topological polar surface area (TPSA) is 66.4 Å². The number of carbonyl (C=O) groups excluding carboxylic acids is 2. The minimum absolute atomic E-state index is 0.101. The van der Waals surface area contributed by atoms with E-state index in [1.165, 1.54) is 12.4 Å². The molecule has 2 saturated heterocycles. The molecular weight excluding hydrogens is 312 g/mol. The first-order chi connectivity index (χ1) is 11.2. The zero-order valence-electron chi connectivity index (χ0n) is 12.5. The van der Waals surface area contributed by atoms with Crippen molar-refractivity contribution in [1.29, 1.82) is 0 Å². The molecule has 1 atom stereocenters. The maximum Gasteiger partial charge on any atom is 0.274 e. The van der Waals surface area contributed by atoms with Crippen LogP contribution in [-0.4, -0.2) is 46.3 Å². The number of amides is 2. The van der Waals surface area contributed by atoms with Crippen molar-refractivity contribution in [2.24, 2.45) is 5.41 Å². The van der Waals surface area contributed by atoms with Gasteiger partial charge < -0.3 is 9.80 Å². The summed E-state index contributed by atoms with van der Waals surface area (Å²) in [6, 6.07) is 1.97. The van der Waals surface area contributed by atoms with Crippen LogP contribution in [0.5, 0.6) is 0 Å². The maximum absolute atomic E-state index is 12.5. The molecule has 7 heteroatoms. The van der Waals surface area contributed by atoms with Crippen molar-refractivity contribution in [3.05, 3.63) is 41.1 Å². The van der Waals surface area contributed by atoms with E-state index in [0.717, 1.165) is 12.1 Å². The van der Waals surface area contributed by atoms with Gasteiger partial charge in [-0.15, -0.1) is 0 Å². The smallest absolute Gasteiger partial charge is 0.274 e. The van der Waals surface area contributed by atoms with E-state index in [0.29, 0.717) is 31.7 Å². The molecule has 23 heavy (non-hydrogen) atoms. The molecule has 2 fully saturated rings. The van der Waals surface area contributed by atoms with Crippen LogP contribution in [0, 0.1) is 5.41 Å². The molecule has 4 heterocycles. The van der Waals surface area contributed by atoms with E-state index in [-0.39, 0.29) is 17.2 Å².